The number of hydrogen-bond acceptors (Lipinski definition) is 6. The molecule has 0 bridgehead atoms. The quantitative estimate of drug-likeness (QED) is 0.656. The summed E-state index contributed by atoms with van der Waals surface area (Å²) < 4.78 is 36.4. The second-order valence-electron chi connectivity index (χ2n) is 7.65. The van der Waals surface area contributed by atoms with Crippen LogP contribution in [0, 0.1) is 0 Å². The fourth-order valence-corrected chi connectivity index (χ4v) is 5.59. The molecule has 2 aromatic carbocycles. The fraction of sp³-hybridized carbons (Fsp3) is 0.273. The minimum Gasteiger partial charge on any atom is -0.454 e. The predicted octanol–water partition coefficient (Wildman–Crippen LogP) is 2.57. The van der Waals surface area contributed by atoms with Gasteiger partial charge in [0.05, 0.1) is 23.2 Å². The molecule has 1 unspecified atom stereocenters. The Hall–Kier alpha value is -3.33. The summed E-state index contributed by atoms with van der Waals surface area (Å²) in [5.41, 5.74) is 2.75. The largest absolute Gasteiger partial charge is 0.454 e. The molecule has 1 N–H and O–H groups in total. The number of aromatic nitrogens is 2. The normalized spacial score (nSPS) is 18.8. The number of rotatable bonds is 5. The van der Waals surface area contributed by atoms with Gasteiger partial charge in [0.1, 0.15) is 0 Å². The van der Waals surface area contributed by atoms with Gasteiger partial charge in [-0.25, -0.2) is 8.42 Å². The summed E-state index contributed by atoms with van der Waals surface area (Å²) in [6.07, 6.45) is 0.488. The van der Waals surface area contributed by atoms with Gasteiger partial charge in [-0.2, -0.15) is 5.10 Å². The first-order valence-electron chi connectivity index (χ1n) is 10.0. The molecule has 1 amide bonds. The maximum Gasteiger partial charge on any atom is 0.272 e. The van der Waals surface area contributed by atoms with E-state index in [2.05, 4.69) is 10.4 Å². The molecule has 160 valence electrons. The molecule has 0 aliphatic carbocycles. The van der Waals surface area contributed by atoms with Gasteiger partial charge < -0.3 is 14.8 Å². The maximum atomic E-state index is 12.8. The van der Waals surface area contributed by atoms with E-state index < -0.39 is 9.84 Å². The van der Waals surface area contributed by atoms with E-state index in [1.807, 2.05) is 48.5 Å². The molecule has 3 heterocycles. The number of fused-ring (bicyclic) bond motifs is 1. The molecule has 31 heavy (non-hydrogen) atoms. The number of benzene rings is 2. The van der Waals surface area contributed by atoms with Gasteiger partial charge in [-0.3, -0.25) is 9.48 Å². The van der Waals surface area contributed by atoms with Crippen molar-refractivity contribution in [2.75, 3.05) is 18.3 Å². The van der Waals surface area contributed by atoms with Crippen LogP contribution in [0.15, 0.2) is 54.6 Å². The molecule has 0 spiro atoms. The van der Waals surface area contributed by atoms with Gasteiger partial charge in [0.25, 0.3) is 5.91 Å². The van der Waals surface area contributed by atoms with Crippen molar-refractivity contribution >= 4 is 15.7 Å². The number of nitrogens with zero attached hydrogens (tertiary/aromatic N) is 2. The highest BCUT2D eigenvalue weighted by molar-refractivity contribution is 7.91. The Morgan fingerprint density at radius 3 is 2.68 bits per heavy atom. The first kappa shape index (κ1) is 19.6. The monoisotopic (exact) mass is 439 g/mol. The summed E-state index contributed by atoms with van der Waals surface area (Å²) in [4.78, 5) is 12.8. The Morgan fingerprint density at radius 2 is 1.90 bits per heavy atom. The average Bonchev–Trinajstić information content (AvgIpc) is 3.50. The van der Waals surface area contributed by atoms with E-state index in [0.717, 1.165) is 16.8 Å². The second kappa shape index (κ2) is 7.73. The van der Waals surface area contributed by atoms with Gasteiger partial charge in [-0.05, 0) is 35.7 Å². The highest BCUT2D eigenvalue weighted by Gasteiger charge is 2.32. The molecular formula is C22H21N3O5S. The minimum absolute atomic E-state index is 0.0345. The molecule has 0 saturated carbocycles. The van der Waals surface area contributed by atoms with E-state index in [-0.39, 0.29) is 35.9 Å². The summed E-state index contributed by atoms with van der Waals surface area (Å²) >= 11 is 0. The number of hydrogen-bond donors (Lipinski definition) is 1. The van der Waals surface area contributed by atoms with Crippen molar-refractivity contribution in [3.8, 4) is 22.8 Å². The summed E-state index contributed by atoms with van der Waals surface area (Å²) in [6, 6.07) is 16.5. The fourth-order valence-electron chi connectivity index (χ4n) is 3.90. The first-order chi connectivity index (χ1) is 15.0. The Kier molecular flexibility index (Phi) is 4.90. The number of amides is 1. The molecule has 1 aromatic heterocycles. The molecule has 1 saturated heterocycles. The van der Waals surface area contributed by atoms with Crippen LogP contribution in [0.3, 0.4) is 0 Å². The summed E-state index contributed by atoms with van der Waals surface area (Å²) in [5, 5.41) is 7.38. The van der Waals surface area contributed by atoms with E-state index >= 15 is 0 Å². The molecule has 1 atom stereocenters. The lowest BCUT2D eigenvalue weighted by Gasteiger charge is -2.13. The molecule has 2 aliphatic heterocycles. The van der Waals surface area contributed by atoms with Gasteiger partial charge in [-0.15, -0.1) is 0 Å². The van der Waals surface area contributed by atoms with E-state index in [9.17, 15) is 13.2 Å². The topological polar surface area (TPSA) is 99.5 Å². The summed E-state index contributed by atoms with van der Waals surface area (Å²) in [6.45, 7) is 0.503. The zero-order chi connectivity index (χ0) is 21.4. The molecule has 3 aromatic rings. The Morgan fingerprint density at radius 1 is 1.10 bits per heavy atom. The Bertz CT molecular complexity index is 1240. The van der Waals surface area contributed by atoms with Crippen LogP contribution in [0.1, 0.15) is 28.5 Å². The van der Waals surface area contributed by atoms with E-state index in [1.54, 1.807) is 10.7 Å². The second-order valence-corrected chi connectivity index (χ2v) is 9.88. The van der Waals surface area contributed by atoms with Crippen LogP contribution in [0.2, 0.25) is 0 Å². The first-order valence-corrected chi connectivity index (χ1v) is 11.8. The van der Waals surface area contributed by atoms with Gasteiger partial charge in [0, 0.05) is 6.54 Å². The standard InChI is InChI=1S/C22H21N3O5S/c26-22(23-12-15-6-7-20-21(10-15)30-14-29-20)18-11-19(16-4-2-1-3-5-16)25(24-18)17-8-9-31(27,28)13-17/h1-7,10-11,17H,8-9,12-14H2,(H,23,26). The van der Waals surface area contributed by atoms with E-state index in [0.29, 0.717) is 24.5 Å². The number of carbonyl (C=O) groups is 1. The number of carbonyl (C=O) groups excluding carboxylic acids is 1. The molecule has 0 radical (unpaired) electrons. The molecular weight excluding hydrogens is 418 g/mol. The molecule has 2 aliphatic rings. The number of sulfone groups is 1. The van der Waals surface area contributed by atoms with Crippen LogP contribution in [-0.4, -0.2) is 42.4 Å². The third-order valence-electron chi connectivity index (χ3n) is 5.48. The lowest BCUT2D eigenvalue weighted by molar-refractivity contribution is 0.0944. The van der Waals surface area contributed by atoms with E-state index in [4.69, 9.17) is 9.47 Å². The minimum atomic E-state index is -3.09. The molecule has 5 rings (SSSR count). The Balaban J connectivity index is 1.39. The zero-order valence-corrected chi connectivity index (χ0v) is 17.5. The van der Waals surface area contributed by atoms with Crippen molar-refractivity contribution in [2.24, 2.45) is 0 Å². The SMILES string of the molecule is O=C(NCc1ccc2c(c1)OCO2)c1cc(-c2ccccc2)n(C2CCS(=O)(=O)C2)n1. The average molecular weight is 439 g/mol. The van der Waals surface area contributed by atoms with Crippen molar-refractivity contribution in [2.45, 2.75) is 19.0 Å². The van der Waals surface area contributed by atoms with Crippen molar-refractivity contribution in [3.05, 3.63) is 65.9 Å². The highest BCUT2D eigenvalue weighted by atomic mass is 32.2. The van der Waals surface area contributed by atoms with Crippen molar-refractivity contribution in [1.82, 2.24) is 15.1 Å². The van der Waals surface area contributed by atoms with Crippen LogP contribution in [0.25, 0.3) is 11.3 Å². The van der Waals surface area contributed by atoms with Crippen LogP contribution < -0.4 is 14.8 Å². The predicted molar refractivity (Wildman–Crippen MR) is 114 cm³/mol. The van der Waals surface area contributed by atoms with Crippen molar-refractivity contribution < 1.29 is 22.7 Å². The summed E-state index contributed by atoms with van der Waals surface area (Å²) in [7, 11) is -3.09. The lowest BCUT2D eigenvalue weighted by atomic mass is 10.1. The molecule has 1 fully saturated rings. The lowest BCUT2D eigenvalue weighted by Crippen LogP contribution is -2.24. The third-order valence-corrected chi connectivity index (χ3v) is 7.23. The van der Waals surface area contributed by atoms with Crippen LogP contribution in [0.5, 0.6) is 11.5 Å². The maximum absolute atomic E-state index is 12.8. The van der Waals surface area contributed by atoms with Gasteiger partial charge >= 0.3 is 0 Å². The summed E-state index contributed by atoms with van der Waals surface area (Å²) in [5.74, 6) is 1.19. The van der Waals surface area contributed by atoms with Gasteiger partial charge in [-0.1, -0.05) is 36.4 Å². The van der Waals surface area contributed by atoms with Crippen LogP contribution >= 0.6 is 0 Å². The number of nitrogens with one attached hydrogen (secondary N) is 1. The zero-order valence-electron chi connectivity index (χ0n) is 16.7. The highest BCUT2D eigenvalue weighted by Crippen LogP contribution is 2.33. The van der Waals surface area contributed by atoms with Crippen molar-refractivity contribution in [3.63, 3.8) is 0 Å². The smallest absolute Gasteiger partial charge is 0.272 e. The van der Waals surface area contributed by atoms with Gasteiger partial charge in [0.15, 0.2) is 27.0 Å². The molecule has 9 heteroatoms. The number of ether oxygens (including phenoxy) is 2. The molecule has 8 nitrogen and oxygen atoms in total. The Labute approximate surface area is 179 Å². The van der Waals surface area contributed by atoms with Crippen molar-refractivity contribution in [1.29, 1.82) is 0 Å². The van der Waals surface area contributed by atoms with Crippen LogP contribution in [-0.2, 0) is 16.4 Å². The third kappa shape index (κ3) is 4.00. The van der Waals surface area contributed by atoms with E-state index in [1.165, 1.54) is 0 Å². The van der Waals surface area contributed by atoms with Crippen LogP contribution in [0.4, 0.5) is 0 Å². The van der Waals surface area contributed by atoms with Gasteiger partial charge in [0.2, 0.25) is 6.79 Å².